The molecule has 94 valence electrons. The van der Waals surface area contributed by atoms with Gasteiger partial charge in [-0.3, -0.25) is 4.79 Å². The highest BCUT2D eigenvalue weighted by molar-refractivity contribution is 7.09. The largest absolute Gasteiger partial charge is 0.378 e. The zero-order chi connectivity index (χ0) is 13.1. The van der Waals surface area contributed by atoms with Crippen molar-refractivity contribution in [2.75, 3.05) is 5.32 Å². The number of aryl methyl sites for hydroxylation is 1. The fourth-order valence-corrected chi connectivity index (χ4v) is 2.58. The van der Waals surface area contributed by atoms with Crippen LogP contribution in [-0.4, -0.2) is 10.9 Å². The summed E-state index contributed by atoms with van der Waals surface area (Å²) in [7, 11) is 0. The van der Waals surface area contributed by atoms with Crippen LogP contribution in [0.3, 0.4) is 0 Å². The summed E-state index contributed by atoms with van der Waals surface area (Å²) in [6.07, 6.45) is 0. The SMILES string of the molecule is Cc1ncsc1C(C)Nc1ccc(C(N)=O)cc1. The van der Waals surface area contributed by atoms with E-state index in [1.165, 1.54) is 4.88 Å². The molecule has 0 fully saturated rings. The molecule has 0 saturated carbocycles. The number of nitrogens with zero attached hydrogens (tertiary/aromatic N) is 1. The molecule has 1 aromatic carbocycles. The van der Waals surface area contributed by atoms with E-state index < -0.39 is 5.91 Å². The summed E-state index contributed by atoms with van der Waals surface area (Å²) < 4.78 is 0. The van der Waals surface area contributed by atoms with Crippen LogP contribution in [0.25, 0.3) is 0 Å². The number of thiazole rings is 1. The molecule has 1 atom stereocenters. The number of anilines is 1. The first-order valence-electron chi connectivity index (χ1n) is 5.64. The monoisotopic (exact) mass is 261 g/mol. The van der Waals surface area contributed by atoms with Crippen LogP contribution in [0.1, 0.15) is 33.9 Å². The number of carbonyl (C=O) groups excluding carboxylic acids is 1. The molecule has 1 amide bonds. The number of rotatable bonds is 4. The molecule has 4 nitrogen and oxygen atoms in total. The van der Waals surface area contributed by atoms with Crippen LogP contribution in [-0.2, 0) is 0 Å². The van der Waals surface area contributed by atoms with Crippen molar-refractivity contribution in [1.29, 1.82) is 0 Å². The van der Waals surface area contributed by atoms with Crippen molar-refractivity contribution in [3.63, 3.8) is 0 Å². The van der Waals surface area contributed by atoms with Gasteiger partial charge in [-0.15, -0.1) is 11.3 Å². The van der Waals surface area contributed by atoms with Gasteiger partial charge in [0.15, 0.2) is 0 Å². The number of aromatic nitrogens is 1. The Morgan fingerprint density at radius 1 is 1.39 bits per heavy atom. The minimum atomic E-state index is -0.409. The van der Waals surface area contributed by atoms with E-state index in [-0.39, 0.29) is 6.04 Å². The molecule has 1 heterocycles. The number of hydrogen-bond acceptors (Lipinski definition) is 4. The summed E-state index contributed by atoms with van der Waals surface area (Å²) in [5.74, 6) is -0.409. The highest BCUT2D eigenvalue weighted by Gasteiger charge is 2.10. The Labute approximate surface area is 110 Å². The molecule has 5 heteroatoms. The third-order valence-corrected chi connectivity index (χ3v) is 3.84. The van der Waals surface area contributed by atoms with Crippen molar-refractivity contribution in [2.24, 2.45) is 5.73 Å². The van der Waals surface area contributed by atoms with Gasteiger partial charge in [-0.1, -0.05) is 0 Å². The van der Waals surface area contributed by atoms with E-state index >= 15 is 0 Å². The number of nitrogens with two attached hydrogens (primary N) is 1. The van der Waals surface area contributed by atoms with Gasteiger partial charge in [0.2, 0.25) is 5.91 Å². The van der Waals surface area contributed by atoms with E-state index in [2.05, 4.69) is 17.2 Å². The van der Waals surface area contributed by atoms with Gasteiger partial charge >= 0.3 is 0 Å². The molecule has 1 aromatic heterocycles. The average molecular weight is 261 g/mol. The van der Waals surface area contributed by atoms with Crippen LogP contribution in [0.15, 0.2) is 29.8 Å². The maximum absolute atomic E-state index is 11.0. The average Bonchev–Trinajstić information content (AvgIpc) is 2.76. The van der Waals surface area contributed by atoms with E-state index in [0.717, 1.165) is 11.4 Å². The van der Waals surface area contributed by atoms with Crippen molar-refractivity contribution < 1.29 is 4.79 Å². The van der Waals surface area contributed by atoms with Gasteiger partial charge in [0.1, 0.15) is 0 Å². The van der Waals surface area contributed by atoms with Crippen molar-refractivity contribution in [1.82, 2.24) is 4.98 Å². The summed E-state index contributed by atoms with van der Waals surface area (Å²) in [4.78, 5) is 16.4. The predicted octanol–water partition coefficient (Wildman–Crippen LogP) is 2.72. The third-order valence-electron chi connectivity index (χ3n) is 2.73. The smallest absolute Gasteiger partial charge is 0.248 e. The van der Waals surface area contributed by atoms with E-state index in [0.29, 0.717) is 5.56 Å². The zero-order valence-corrected chi connectivity index (χ0v) is 11.1. The molecule has 0 aliphatic rings. The minimum absolute atomic E-state index is 0.192. The Balaban J connectivity index is 2.10. The molecule has 0 bridgehead atoms. The van der Waals surface area contributed by atoms with Crippen molar-refractivity contribution in [3.8, 4) is 0 Å². The highest BCUT2D eigenvalue weighted by atomic mass is 32.1. The summed E-state index contributed by atoms with van der Waals surface area (Å²) in [6.45, 7) is 4.09. The topological polar surface area (TPSA) is 68.0 Å². The molecule has 0 radical (unpaired) electrons. The molecular formula is C13H15N3OS. The number of nitrogens with one attached hydrogen (secondary N) is 1. The van der Waals surface area contributed by atoms with Gasteiger partial charge in [-0.25, -0.2) is 4.98 Å². The first-order chi connectivity index (χ1) is 8.58. The molecule has 2 rings (SSSR count). The first kappa shape index (κ1) is 12.6. The lowest BCUT2D eigenvalue weighted by Crippen LogP contribution is -2.11. The van der Waals surface area contributed by atoms with Gasteiger partial charge in [0.25, 0.3) is 0 Å². The Morgan fingerprint density at radius 3 is 2.56 bits per heavy atom. The summed E-state index contributed by atoms with van der Waals surface area (Å²) >= 11 is 1.64. The zero-order valence-electron chi connectivity index (χ0n) is 10.3. The van der Waals surface area contributed by atoms with Gasteiger partial charge < -0.3 is 11.1 Å². The Morgan fingerprint density at radius 2 is 2.06 bits per heavy atom. The minimum Gasteiger partial charge on any atom is -0.378 e. The molecule has 0 aliphatic carbocycles. The number of hydrogen-bond donors (Lipinski definition) is 2. The van der Waals surface area contributed by atoms with E-state index in [4.69, 9.17) is 5.73 Å². The van der Waals surface area contributed by atoms with Gasteiger partial charge in [0, 0.05) is 16.1 Å². The fraction of sp³-hybridized carbons (Fsp3) is 0.231. The summed E-state index contributed by atoms with van der Waals surface area (Å²) in [6, 6.07) is 7.34. The van der Waals surface area contributed by atoms with Gasteiger partial charge in [0.05, 0.1) is 17.2 Å². The molecule has 1 unspecified atom stereocenters. The Kier molecular flexibility index (Phi) is 3.62. The van der Waals surface area contributed by atoms with Crippen LogP contribution in [0, 0.1) is 6.92 Å². The maximum atomic E-state index is 11.0. The number of primary amides is 1. The fourth-order valence-electron chi connectivity index (χ4n) is 1.77. The lowest BCUT2D eigenvalue weighted by molar-refractivity contribution is 0.100. The van der Waals surface area contributed by atoms with Crippen LogP contribution < -0.4 is 11.1 Å². The molecular weight excluding hydrogens is 246 g/mol. The van der Waals surface area contributed by atoms with Crippen LogP contribution in [0.2, 0.25) is 0 Å². The lowest BCUT2D eigenvalue weighted by Gasteiger charge is -2.14. The quantitative estimate of drug-likeness (QED) is 0.889. The predicted molar refractivity (Wildman–Crippen MR) is 73.8 cm³/mol. The summed E-state index contributed by atoms with van der Waals surface area (Å²) in [5, 5.41) is 3.37. The summed E-state index contributed by atoms with van der Waals surface area (Å²) in [5.41, 5.74) is 9.57. The van der Waals surface area contributed by atoms with Crippen molar-refractivity contribution in [3.05, 3.63) is 45.9 Å². The van der Waals surface area contributed by atoms with Crippen molar-refractivity contribution >= 4 is 22.9 Å². The van der Waals surface area contributed by atoms with Crippen molar-refractivity contribution in [2.45, 2.75) is 19.9 Å². The standard InChI is InChI=1S/C13H15N3OS/c1-8-12(18-7-15-8)9(2)16-11-5-3-10(4-6-11)13(14)17/h3-7,9,16H,1-2H3,(H2,14,17). The first-order valence-corrected chi connectivity index (χ1v) is 6.52. The van der Waals surface area contributed by atoms with Gasteiger partial charge in [-0.05, 0) is 38.1 Å². The lowest BCUT2D eigenvalue weighted by atomic mass is 10.1. The maximum Gasteiger partial charge on any atom is 0.248 e. The number of benzene rings is 1. The molecule has 3 N–H and O–H groups in total. The molecule has 2 aromatic rings. The third kappa shape index (κ3) is 2.68. The second-order valence-corrected chi connectivity index (χ2v) is 5.00. The molecule has 18 heavy (non-hydrogen) atoms. The van der Waals surface area contributed by atoms with Crippen LogP contribution in [0.5, 0.6) is 0 Å². The highest BCUT2D eigenvalue weighted by Crippen LogP contribution is 2.25. The van der Waals surface area contributed by atoms with E-state index in [1.54, 1.807) is 23.5 Å². The molecule has 0 spiro atoms. The Bertz CT molecular complexity index is 548. The van der Waals surface area contributed by atoms with Crippen LogP contribution >= 0.6 is 11.3 Å². The molecule has 0 saturated heterocycles. The van der Waals surface area contributed by atoms with Crippen LogP contribution in [0.4, 0.5) is 5.69 Å². The Hall–Kier alpha value is -1.88. The van der Waals surface area contributed by atoms with Gasteiger partial charge in [-0.2, -0.15) is 0 Å². The van der Waals surface area contributed by atoms with E-state index in [1.807, 2.05) is 24.6 Å². The number of carbonyl (C=O) groups is 1. The molecule has 0 aliphatic heterocycles. The normalized spacial score (nSPS) is 12.1. The van der Waals surface area contributed by atoms with E-state index in [9.17, 15) is 4.79 Å². The second kappa shape index (κ2) is 5.18. The second-order valence-electron chi connectivity index (χ2n) is 4.11. The number of amides is 1.